The van der Waals surface area contributed by atoms with Crippen LogP contribution in [-0.4, -0.2) is 31.6 Å². The molecule has 1 aromatic carbocycles. The van der Waals surface area contributed by atoms with Crippen LogP contribution in [0, 0.1) is 5.82 Å². The molecular weight excluding hydrogens is 263 g/mol. The summed E-state index contributed by atoms with van der Waals surface area (Å²) in [7, 11) is 1.20. The summed E-state index contributed by atoms with van der Waals surface area (Å²) in [5.74, 6) is -1.46. The number of hydrogen-bond acceptors (Lipinski definition) is 4. The Labute approximate surface area is 117 Å². The van der Waals surface area contributed by atoms with Gasteiger partial charge in [0.2, 0.25) is 5.91 Å². The topological polar surface area (TPSA) is 67.4 Å². The number of rotatable bonds is 6. The maximum atomic E-state index is 13.7. The number of hydrogen-bond donors (Lipinski definition) is 2. The van der Waals surface area contributed by atoms with Crippen molar-refractivity contribution in [2.75, 3.05) is 13.7 Å². The highest BCUT2D eigenvalue weighted by molar-refractivity contribution is 5.89. The van der Waals surface area contributed by atoms with Gasteiger partial charge in [0.1, 0.15) is 5.82 Å². The molecule has 0 saturated heterocycles. The molecule has 2 N–H and O–H groups in total. The zero-order chi connectivity index (χ0) is 15.1. The summed E-state index contributed by atoms with van der Waals surface area (Å²) in [6.07, 6.45) is 0. The number of amides is 1. The fourth-order valence-corrected chi connectivity index (χ4v) is 1.64. The van der Waals surface area contributed by atoms with Crippen LogP contribution in [0.2, 0.25) is 0 Å². The summed E-state index contributed by atoms with van der Waals surface area (Å²) < 4.78 is 18.1. The van der Waals surface area contributed by atoms with Crippen LogP contribution in [0.25, 0.3) is 0 Å². The molecule has 20 heavy (non-hydrogen) atoms. The van der Waals surface area contributed by atoms with Crippen LogP contribution in [0.15, 0.2) is 18.2 Å². The first-order chi connectivity index (χ1) is 9.49. The van der Waals surface area contributed by atoms with E-state index in [2.05, 4.69) is 15.4 Å². The lowest BCUT2D eigenvalue weighted by Crippen LogP contribution is -2.41. The molecule has 0 spiro atoms. The second kappa shape index (κ2) is 7.59. The number of methoxy groups -OCH3 is 1. The number of nitrogens with one attached hydrogen (secondary N) is 2. The van der Waals surface area contributed by atoms with E-state index < -0.39 is 11.8 Å². The fraction of sp³-hybridized carbons (Fsp3) is 0.429. The van der Waals surface area contributed by atoms with Gasteiger partial charge in [-0.1, -0.05) is 6.07 Å². The van der Waals surface area contributed by atoms with Crippen molar-refractivity contribution in [3.05, 3.63) is 35.1 Å². The third kappa shape index (κ3) is 4.31. The van der Waals surface area contributed by atoms with Crippen molar-refractivity contribution in [3.63, 3.8) is 0 Å². The van der Waals surface area contributed by atoms with Gasteiger partial charge in [0.25, 0.3) is 0 Å². The van der Waals surface area contributed by atoms with Crippen LogP contribution in [0.3, 0.4) is 0 Å². The summed E-state index contributed by atoms with van der Waals surface area (Å²) in [5.41, 5.74) is 0.541. The molecule has 1 amide bonds. The maximum absolute atomic E-state index is 13.7. The van der Waals surface area contributed by atoms with Crippen LogP contribution in [0.5, 0.6) is 0 Å². The van der Waals surface area contributed by atoms with Crippen LogP contribution < -0.4 is 10.6 Å². The second-order valence-corrected chi connectivity index (χ2v) is 4.30. The van der Waals surface area contributed by atoms with Gasteiger partial charge in [0, 0.05) is 13.1 Å². The molecule has 0 aliphatic rings. The molecule has 110 valence electrons. The lowest BCUT2D eigenvalue weighted by molar-refractivity contribution is -0.122. The number of benzene rings is 1. The predicted octanol–water partition coefficient (Wildman–Crippen LogP) is 1.23. The molecule has 0 aromatic heterocycles. The van der Waals surface area contributed by atoms with Crippen molar-refractivity contribution >= 4 is 11.9 Å². The molecule has 0 bridgehead atoms. The molecule has 0 fully saturated rings. The summed E-state index contributed by atoms with van der Waals surface area (Å²) in [6.45, 7) is 4.46. The molecule has 0 aliphatic carbocycles. The Morgan fingerprint density at radius 2 is 2.10 bits per heavy atom. The Bertz CT molecular complexity index is 491. The Morgan fingerprint density at radius 1 is 1.40 bits per heavy atom. The smallest absolute Gasteiger partial charge is 0.340 e. The first kappa shape index (κ1) is 16.1. The first-order valence-corrected chi connectivity index (χ1v) is 6.37. The number of esters is 1. The van der Waals surface area contributed by atoms with Crippen molar-refractivity contribution in [1.82, 2.24) is 10.6 Å². The standard InChI is InChI=1S/C14H19FN2O3/c1-4-16-13(18)9(2)17-8-10-5-6-11(12(15)7-10)14(19)20-3/h5-7,9,17H,4,8H2,1-3H3,(H,16,18). The number of carbonyl (C=O) groups is 2. The zero-order valence-electron chi connectivity index (χ0n) is 11.8. The average Bonchev–Trinajstić information content (AvgIpc) is 2.44. The average molecular weight is 282 g/mol. The normalized spacial score (nSPS) is 11.8. The summed E-state index contributed by atoms with van der Waals surface area (Å²) >= 11 is 0. The van der Waals surface area contributed by atoms with E-state index in [1.165, 1.54) is 19.2 Å². The fourth-order valence-electron chi connectivity index (χ4n) is 1.64. The minimum Gasteiger partial charge on any atom is -0.465 e. The minimum absolute atomic E-state index is 0.104. The third-order valence-corrected chi connectivity index (χ3v) is 2.80. The summed E-state index contributed by atoms with van der Waals surface area (Å²) in [4.78, 5) is 22.7. The van der Waals surface area contributed by atoms with Crippen molar-refractivity contribution in [2.24, 2.45) is 0 Å². The van der Waals surface area contributed by atoms with Crippen LogP contribution in [-0.2, 0) is 16.1 Å². The monoisotopic (exact) mass is 282 g/mol. The van der Waals surface area contributed by atoms with E-state index in [0.29, 0.717) is 18.7 Å². The Morgan fingerprint density at radius 3 is 2.65 bits per heavy atom. The molecule has 0 aliphatic heterocycles. The van der Waals surface area contributed by atoms with Gasteiger partial charge in [-0.3, -0.25) is 4.79 Å². The lowest BCUT2D eigenvalue weighted by Gasteiger charge is -2.13. The number of ether oxygens (including phenoxy) is 1. The van der Waals surface area contributed by atoms with E-state index in [1.807, 2.05) is 6.92 Å². The largest absolute Gasteiger partial charge is 0.465 e. The van der Waals surface area contributed by atoms with Crippen LogP contribution in [0.4, 0.5) is 4.39 Å². The van der Waals surface area contributed by atoms with Crippen molar-refractivity contribution in [1.29, 1.82) is 0 Å². The second-order valence-electron chi connectivity index (χ2n) is 4.30. The van der Waals surface area contributed by atoms with E-state index in [-0.39, 0.29) is 17.5 Å². The van der Waals surface area contributed by atoms with Gasteiger partial charge < -0.3 is 15.4 Å². The molecule has 0 heterocycles. The van der Waals surface area contributed by atoms with Gasteiger partial charge in [-0.15, -0.1) is 0 Å². The van der Waals surface area contributed by atoms with Gasteiger partial charge in [0.05, 0.1) is 18.7 Å². The number of likely N-dealkylation sites (N-methyl/N-ethyl adjacent to an activating group) is 1. The third-order valence-electron chi connectivity index (χ3n) is 2.80. The molecular formula is C14H19FN2O3. The maximum Gasteiger partial charge on any atom is 0.340 e. The molecule has 6 heteroatoms. The highest BCUT2D eigenvalue weighted by Crippen LogP contribution is 2.11. The highest BCUT2D eigenvalue weighted by atomic mass is 19.1. The number of carbonyl (C=O) groups excluding carboxylic acids is 2. The minimum atomic E-state index is -0.710. The highest BCUT2D eigenvalue weighted by Gasteiger charge is 2.14. The van der Waals surface area contributed by atoms with E-state index in [1.54, 1.807) is 13.0 Å². The van der Waals surface area contributed by atoms with E-state index in [0.717, 1.165) is 0 Å². The lowest BCUT2D eigenvalue weighted by atomic mass is 10.1. The zero-order valence-corrected chi connectivity index (χ0v) is 11.8. The summed E-state index contributed by atoms with van der Waals surface area (Å²) in [6, 6.07) is 3.86. The predicted molar refractivity (Wildman–Crippen MR) is 72.7 cm³/mol. The molecule has 1 atom stereocenters. The Kier molecular flexibility index (Phi) is 6.11. The molecule has 0 radical (unpaired) electrons. The van der Waals surface area contributed by atoms with Crippen molar-refractivity contribution < 1.29 is 18.7 Å². The van der Waals surface area contributed by atoms with Gasteiger partial charge >= 0.3 is 5.97 Å². The van der Waals surface area contributed by atoms with Crippen molar-refractivity contribution in [2.45, 2.75) is 26.4 Å². The number of halogens is 1. The van der Waals surface area contributed by atoms with Gasteiger partial charge in [-0.25, -0.2) is 9.18 Å². The molecule has 1 aromatic rings. The quantitative estimate of drug-likeness (QED) is 0.770. The summed E-state index contributed by atoms with van der Waals surface area (Å²) in [5, 5.41) is 5.67. The molecule has 1 unspecified atom stereocenters. The molecule has 5 nitrogen and oxygen atoms in total. The van der Waals surface area contributed by atoms with Crippen LogP contribution >= 0.6 is 0 Å². The molecule has 0 saturated carbocycles. The van der Waals surface area contributed by atoms with Gasteiger partial charge in [0.15, 0.2) is 0 Å². The van der Waals surface area contributed by atoms with Crippen LogP contribution in [0.1, 0.15) is 29.8 Å². The van der Waals surface area contributed by atoms with E-state index in [4.69, 9.17) is 0 Å². The van der Waals surface area contributed by atoms with E-state index >= 15 is 0 Å². The Balaban J connectivity index is 2.64. The van der Waals surface area contributed by atoms with Gasteiger partial charge in [-0.05, 0) is 31.5 Å². The van der Waals surface area contributed by atoms with Gasteiger partial charge in [-0.2, -0.15) is 0 Å². The Hall–Kier alpha value is -1.95. The van der Waals surface area contributed by atoms with E-state index in [9.17, 15) is 14.0 Å². The van der Waals surface area contributed by atoms with Crippen molar-refractivity contribution in [3.8, 4) is 0 Å². The molecule has 1 rings (SSSR count). The first-order valence-electron chi connectivity index (χ1n) is 6.37. The SMILES string of the molecule is CCNC(=O)C(C)NCc1ccc(C(=O)OC)c(F)c1.